The van der Waals surface area contributed by atoms with Crippen molar-refractivity contribution in [2.24, 2.45) is 0 Å². The van der Waals surface area contributed by atoms with Gasteiger partial charge in [-0.2, -0.15) is 0 Å². The summed E-state index contributed by atoms with van der Waals surface area (Å²) in [4.78, 5) is 4.32. The number of hydrogen-bond donors (Lipinski definition) is 1. The summed E-state index contributed by atoms with van der Waals surface area (Å²) < 4.78 is 16.6. The maximum absolute atomic E-state index is 5.69. The van der Waals surface area contributed by atoms with Gasteiger partial charge in [0.25, 0.3) is 0 Å². The van der Waals surface area contributed by atoms with Crippen LogP contribution >= 0.6 is 0 Å². The molecule has 0 saturated heterocycles. The topological polar surface area (TPSA) is 70.5 Å². The van der Waals surface area contributed by atoms with Crippen molar-refractivity contribution in [1.82, 2.24) is 4.98 Å². The zero-order valence-electron chi connectivity index (χ0n) is 11.5. The largest absolute Gasteiger partial charge is 0.491 e. The van der Waals surface area contributed by atoms with Gasteiger partial charge in [0.05, 0.1) is 6.61 Å². The fourth-order valence-corrected chi connectivity index (χ4v) is 1.95. The van der Waals surface area contributed by atoms with E-state index in [2.05, 4.69) is 4.98 Å². The van der Waals surface area contributed by atoms with Crippen LogP contribution in [0.3, 0.4) is 0 Å². The summed E-state index contributed by atoms with van der Waals surface area (Å²) in [6.07, 6.45) is 0. The van der Waals surface area contributed by atoms with Crippen LogP contribution in [0, 0.1) is 0 Å². The highest BCUT2D eigenvalue weighted by Gasteiger charge is 2.05. The SMILES string of the molecule is Nc1ccc2nc(COCCOc3ccccc3)oc2c1. The standard InChI is InChI=1S/C16H16N2O3/c17-12-6-7-14-15(10-12)21-16(18-14)11-19-8-9-20-13-4-2-1-3-5-13/h1-7,10H,8-9,11,17H2. The second-order valence-corrected chi connectivity index (χ2v) is 4.55. The monoisotopic (exact) mass is 284 g/mol. The number of hydrogen-bond acceptors (Lipinski definition) is 5. The number of nitrogen functional groups attached to an aromatic ring is 1. The number of nitrogens with two attached hydrogens (primary N) is 1. The van der Waals surface area contributed by atoms with Crippen LogP contribution in [0.5, 0.6) is 5.75 Å². The molecule has 5 heteroatoms. The zero-order chi connectivity index (χ0) is 14.5. The number of fused-ring (bicyclic) bond motifs is 1. The van der Waals surface area contributed by atoms with Gasteiger partial charge in [-0.25, -0.2) is 4.98 Å². The van der Waals surface area contributed by atoms with Crippen LogP contribution in [-0.2, 0) is 11.3 Å². The van der Waals surface area contributed by atoms with E-state index < -0.39 is 0 Å². The minimum atomic E-state index is 0.312. The molecule has 1 heterocycles. The van der Waals surface area contributed by atoms with Gasteiger partial charge in [0.15, 0.2) is 5.58 Å². The van der Waals surface area contributed by atoms with Crippen LogP contribution in [-0.4, -0.2) is 18.2 Å². The molecular weight excluding hydrogens is 268 g/mol. The first kappa shape index (κ1) is 13.5. The number of rotatable bonds is 6. The molecule has 3 aromatic rings. The normalized spacial score (nSPS) is 10.9. The van der Waals surface area contributed by atoms with Gasteiger partial charge < -0.3 is 19.6 Å². The van der Waals surface area contributed by atoms with Gasteiger partial charge in [-0.15, -0.1) is 0 Å². The second-order valence-electron chi connectivity index (χ2n) is 4.55. The molecule has 108 valence electrons. The van der Waals surface area contributed by atoms with Gasteiger partial charge in [-0.1, -0.05) is 18.2 Å². The van der Waals surface area contributed by atoms with Crippen molar-refractivity contribution in [3.63, 3.8) is 0 Å². The molecule has 2 aromatic carbocycles. The smallest absolute Gasteiger partial charge is 0.221 e. The molecule has 0 aliphatic carbocycles. The van der Waals surface area contributed by atoms with E-state index in [0.717, 1.165) is 11.3 Å². The first-order valence-electron chi connectivity index (χ1n) is 6.72. The highest BCUT2D eigenvalue weighted by molar-refractivity contribution is 5.76. The molecule has 0 aliphatic rings. The molecular formula is C16H16N2O3. The minimum Gasteiger partial charge on any atom is -0.491 e. The Balaban J connectivity index is 1.46. The number of anilines is 1. The average Bonchev–Trinajstić information content (AvgIpc) is 2.90. The van der Waals surface area contributed by atoms with Gasteiger partial charge in [0.1, 0.15) is 24.5 Å². The van der Waals surface area contributed by atoms with Crippen molar-refractivity contribution in [2.75, 3.05) is 18.9 Å². The minimum absolute atomic E-state index is 0.312. The van der Waals surface area contributed by atoms with Crippen molar-refractivity contribution in [1.29, 1.82) is 0 Å². The summed E-state index contributed by atoms with van der Waals surface area (Å²) in [7, 11) is 0. The fraction of sp³-hybridized carbons (Fsp3) is 0.188. The molecule has 2 N–H and O–H groups in total. The lowest BCUT2D eigenvalue weighted by atomic mass is 10.3. The molecule has 1 aromatic heterocycles. The third kappa shape index (κ3) is 3.52. The average molecular weight is 284 g/mol. The Kier molecular flexibility index (Phi) is 4.02. The van der Waals surface area contributed by atoms with E-state index >= 15 is 0 Å². The Morgan fingerprint density at radius 1 is 1.05 bits per heavy atom. The zero-order valence-corrected chi connectivity index (χ0v) is 11.5. The summed E-state index contributed by atoms with van der Waals surface area (Å²) in [5.74, 6) is 1.37. The Hall–Kier alpha value is -2.53. The van der Waals surface area contributed by atoms with Crippen molar-refractivity contribution >= 4 is 16.8 Å². The number of aromatic nitrogens is 1. The van der Waals surface area contributed by atoms with Gasteiger partial charge in [-0.05, 0) is 24.3 Å². The lowest BCUT2D eigenvalue weighted by Crippen LogP contribution is -2.06. The highest BCUT2D eigenvalue weighted by atomic mass is 16.5. The van der Waals surface area contributed by atoms with E-state index in [-0.39, 0.29) is 0 Å². The Labute approximate surface area is 122 Å². The van der Waals surface area contributed by atoms with Crippen molar-refractivity contribution < 1.29 is 13.9 Å². The molecule has 0 aliphatic heterocycles. The van der Waals surface area contributed by atoms with Gasteiger partial charge in [0.2, 0.25) is 5.89 Å². The molecule has 21 heavy (non-hydrogen) atoms. The number of benzene rings is 2. The number of para-hydroxylation sites is 1. The van der Waals surface area contributed by atoms with E-state index in [1.165, 1.54) is 0 Å². The molecule has 0 spiro atoms. The van der Waals surface area contributed by atoms with Crippen LogP contribution in [0.4, 0.5) is 5.69 Å². The summed E-state index contributed by atoms with van der Waals surface area (Å²) >= 11 is 0. The lowest BCUT2D eigenvalue weighted by Gasteiger charge is -2.05. The number of nitrogens with zero attached hydrogens (tertiary/aromatic N) is 1. The molecule has 0 bridgehead atoms. The molecule has 0 amide bonds. The van der Waals surface area contributed by atoms with Gasteiger partial charge in [-0.3, -0.25) is 0 Å². The lowest BCUT2D eigenvalue weighted by molar-refractivity contribution is 0.0763. The predicted octanol–water partition coefficient (Wildman–Crippen LogP) is 3.01. The van der Waals surface area contributed by atoms with Crippen LogP contribution in [0.25, 0.3) is 11.1 Å². The molecule has 5 nitrogen and oxygen atoms in total. The third-order valence-electron chi connectivity index (χ3n) is 2.92. The molecule has 0 saturated carbocycles. The first-order chi connectivity index (χ1) is 10.3. The summed E-state index contributed by atoms with van der Waals surface area (Å²) in [6.45, 7) is 1.26. The van der Waals surface area contributed by atoms with E-state index in [4.69, 9.17) is 19.6 Å². The van der Waals surface area contributed by atoms with E-state index in [0.29, 0.717) is 37.0 Å². The number of oxazole rings is 1. The Morgan fingerprint density at radius 3 is 2.76 bits per heavy atom. The summed E-state index contributed by atoms with van der Waals surface area (Å²) in [5.41, 5.74) is 7.80. The Morgan fingerprint density at radius 2 is 1.90 bits per heavy atom. The quantitative estimate of drug-likeness (QED) is 0.556. The fourth-order valence-electron chi connectivity index (χ4n) is 1.95. The van der Waals surface area contributed by atoms with Crippen LogP contribution in [0.2, 0.25) is 0 Å². The number of ether oxygens (including phenoxy) is 2. The first-order valence-corrected chi connectivity index (χ1v) is 6.72. The summed E-state index contributed by atoms with van der Waals surface area (Å²) in [6, 6.07) is 15.0. The molecule has 0 unspecified atom stereocenters. The van der Waals surface area contributed by atoms with Crippen molar-refractivity contribution in [2.45, 2.75) is 6.61 Å². The molecule has 3 rings (SSSR count). The van der Waals surface area contributed by atoms with Crippen LogP contribution < -0.4 is 10.5 Å². The summed E-state index contributed by atoms with van der Waals surface area (Å²) in [5, 5.41) is 0. The van der Waals surface area contributed by atoms with Crippen LogP contribution in [0.1, 0.15) is 5.89 Å². The maximum Gasteiger partial charge on any atom is 0.221 e. The third-order valence-corrected chi connectivity index (χ3v) is 2.92. The van der Waals surface area contributed by atoms with Gasteiger partial charge in [0, 0.05) is 11.8 Å². The van der Waals surface area contributed by atoms with Crippen LogP contribution in [0.15, 0.2) is 52.9 Å². The van der Waals surface area contributed by atoms with Gasteiger partial charge >= 0.3 is 0 Å². The van der Waals surface area contributed by atoms with E-state index in [1.54, 1.807) is 12.1 Å². The molecule has 0 radical (unpaired) electrons. The highest BCUT2D eigenvalue weighted by Crippen LogP contribution is 2.18. The molecule has 0 fully saturated rings. The van der Waals surface area contributed by atoms with E-state index in [1.807, 2.05) is 36.4 Å². The van der Waals surface area contributed by atoms with Crippen molar-refractivity contribution in [3.05, 3.63) is 54.4 Å². The second kappa shape index (κ2) is 6.28. The van der Waals surface area contributed by atoms with E-state index in [9.17, 15) is 0 Å². The Bertz CT molecular complexity index is 710. The predicted molar refractivity (Wildman–Crippen MR) is 80.0 cm³/mol. The maximum atomic E-state index is 5.69. The van der Waals surface area contributed by atoms with Crippen molar-refractivity contribution in [3.8, 4) is 5.75 Å². The molecule has 0 atom stereocenters.